The Morgan fingerprint density at radius 1 is 1.24 bits per heavy atom. The van der Waals surface area contributed by atoms with Gasteiger partial charge >= 0.3 is 0 Å². The van der Waals surface area contributed by atoms with E-state index in [9.17, 15) is 14.7 Å². The van der Waals surface area contributed by atoms with Crippen molar-refractivity contribution in [1.29, 1.82) is 0 Å². The number of pyridine rings is 1. The largest absolute Gasteiger partial charge is 0.478 e. The van der Waals surface area contributed by atoms with Crippen molar-refractivity contribution in [1.82, 2.24) is 9.97 Å². The van der Waals surface area contributed by atoms with Crippen LogP contribution in [0.1, 0.15) is 19.8 Å². The first-order valence-electron chi connectivity index (χ1n) is 10.7. The van der Waals surface area contributed by atoms with E-state index in [4.69, 9.17) is 21.1 Å². The number of aliphatic hydroxyl groups excluding tert-OH is 1. The second kappa shape index (κ2) is 7.20. The number of thiazole rings is 1. The summed E-state index contributed by atoms with van der Waals surface area (Å²) in [5, 5.41) is 11.3. The number of nitrogens with zero attached hydrogens (tertiary/aromatic N) is 3. The van der Waals surface area contributed by atoms with E-state index < -0.39 is 29.1 Å². The first-order chi connectivity index (χ1) is 15.8. The first-order valence-corrected chi connectivity index (χ1v) is 11.9. The van der Waals surface area contributed by atoms with Gasteiger partial charge in [0.2, 0.25) is 17.7 Å². The minimum Gasteiger partial charge on any atom is -0.478 e. The van der Waals surface area contributed by atoms with Gasteiger partial charge in [0.1, 0.15) is 5.60 Å². The van der Waals surface area contributed by atoms with Crippen molar-refractivity contribution in [3.63, 3.8) is 0 Å². The number of carbonyl (C=O) groups excluding carboxylic acids is 2. The molecule has 2 aromatic heterocycles. The van der Waals surface area contributed by atoms with Crippen molar-refractivity contribution in [2.45, 2.75) is 37.1 Å². The molecule has 0 aliphatic carbocycles. The average molecular weight is 486 g/mol. The number of halogens is 1. The van der Waals surface area contributed by atoms with Crippen LogP contribution in [0.5, 0.6) is 5.88 Å². The average Bonchev–Trinajstić information content (AvgIpc) is 3.48. The standard InChI is InChI=1S/C23H20ClN3O5S/c1-22-16(28)9-23(32-22,6-7-31-17-5-2-12(24)10-25-17)19-18(22)20(29)27(21(19)30)13-3-4-14-15(8-13)33-11-26-14/h2-5,8,10-11,16,18-19,28H,6-7,9H2,1H3/t16-,18?,19+,22?,23?/m0/s1. The molecular weight excluding hydrogens is 466 g/mol. The number of hydrogen-bond donors (Lipinski definition) is 1. The molecule has 0 saturated carbocycles. The van der Waals surface area contributed by atoms with Gasteiger partial charge < -0.3 is 14.6 Å². The third-order valence-electron chi connectivity index (χ3n) is 7.16. The molecule has 10 heteroatoms. The van der Waals surface area contributed by atoms with E-state index in [0.717, 1.165) is 10.2 Å². The quantitative estimate of drug-likeness (QED) is 0.553. The molecular formula is C23H20ClN3O5S. The maximum absolute atomic E-state index is 13.7. The van der Waals surface area contributed by atoms with Gasteiger partial charge in [-0.05, 0) is 31.2 Å². The van der Waals surface area contributed by atoms with Gasteiger partial charge in [0.05, 0.1) is 56.6 Å². The van der Waals surface area contributed by atoms with Gasteiger partial charge in [-0.15, -0.1) is 11.3 Å². The Hall–Kier alpha value is -2.59. The van der Waals surface area contributed by atoms with E-state index >= 15 is 0 Å². The predicted molar refractivity (Wildman–Crippen MR) is 121 cm³/mol. The highest BCUT2D eigenvalue weighted by Crippen LogP contribution is 2.62. The van der Waals surface area contributed by atoms with Crippen LogP contribution in [0.4, 0.5) is 5.69 Å². The van der Waals surface area contributed by atoms with E-state index in [0.29, 0.717) is 23.0 Å². The summed E-state index contributed by atoms with van der Waals surface area (Å²) in [6.45, 7) is 1.95. The molecule has 2 amide bonds. The lowest BCUT2D eigenvalue weighted by Crippen LogP contribution is -2.49. The summed E-state index contributed by atoms with van der Waals surface area (Å²) >= 11 is 7.32. The lowest BCUT2D eigenvalue weighted by atomic mass is 9.66. The fraction of sp³-hybridized carbons (Fsp3) is 0.391. The van der Waals surface area contributed by atoms with E-state index in [-0.39, 0.29) is 24.8 Å². The van der Waals surface area contributed by atoms with Gasteiger partial charge in [0.15, 0.2) is 0 Å². The Kier molecular flexibility index (Phi) is 4.58. The van der Waals surface area contributed by atoms with Crippen LogP contribution in [0.3, 0.4) is 0 Å². The molecule has 5 heterocycles. The Labute approximate surface area is 198 Å². The lowest BCUT2D eigenvalue weighted by Gasteiger charge is -2.33. The Balaban J connectivity index is 1.30. The van der Waals surface area contributed by atoms with Crippen molar-refractivity contribution in [2.75, 3.05) is 11.5 Å². The van der Waals surface area contributed by atoms with E-state index in [2.05, 4.69) is 9.97 Å². The summed E-state index contributed by atoms with van der Waals surface area (Å²) in [4.78, 5) is 36.8. The number of hydrogen-bond acceptors (Lipinski definition) is 8. The van der Waals surface area contributed by atoms with Gasteiger partial charge in [-0.1, -0.05) is 11.6 Å². The maximum Gasteiger partial charge on any atom is 0.240 e. The van der Waals surface area contributed by atoms with Crippen molar-refractivity contribution < 1.29 is 24.2 Å². The maximum atomic E-state index is 13.7. The van der Waals surface area contributed by atoms with Crippen LogP contribution in [0.25, 0.3) is 10.2 Å². The fourth-order valence-electron chi connectivity index (χ4n) is 5.64. The number of imide groups is 1. The second-order valence-corrected chi connectivity index (χ2v) is 10.3. The van der Waals surface area contributed by atoms with Crippen molar-refractivity contribution in [3.05, 3.63) is 47.1 Å². The molecule has 3 aliphatic heterocycles. The summed E-state index contributed by atoms with van der Waals surface area (Å²) in [6, 6.07) is 8.70. The lowest BCUT2D eigenvalue weighted by molar-refractivity contribution is -0.134. The number of amides is 2. The minimum atomic E-state index is -1.13. The highest BCUT2D eigenvalue weighted by atomic mass is 35.5. The van der Waals surface area contributed by atoms with Crippen LogP contribution >= 0.6 is 22.9 Å². The molecule has 1 aromatic carbocycles. The normalized spacial score (nSPS) is 32.7. The number of anilines is 1. The van der Waals surface area contributed by atoms with Gasteiger partial charge in [-0.2, -0.15) is 0 Å². The zero-order chi connectivity index (χ0) is 23.0. The first kappa shape index (κ1) is 21.0. The summed E-state index contributed by atoms with van der Waals surface area (Å²) in [5.41, 5.74) is 0.955. The zero-order valence-corrected chi connectivity index (χ0v) is 19.2. The van der Waals surface area contributed by atoms with E-state index in [1.54, 1.807) is 36.7 Å². The summed E-state index contributed by atoms with van der Waals surface area (Å²) in [6.07, 6.45) is 1.24. The molecule has 1 N–H and O–H groups in total. The molecule has 5 atom stereocenters. The van der Waals surface area contributed by atoms with Gasteiger partial charge in [-0.3, -0.25) is 9.59 Å². The number of fused-ring (bicyclic) bond motifs is 6. The zero-order valence-electron chi connectivity index (χ0n) is 17.6. The fourth-order valence-corrected chi connectivity index (χ4v) is 6.46. The van der Waals surface area contributed by atoms with Gasteiger partial charge in [0, 0.05) is 25.1 Å². The van der Waals surface area contributed by atoms with Crippen LogP contribution in [0.2, 0.25) is 5.02 Å². The monoisotopic (exact) mass is 485 g/mol. The van der Waals surface area contributed by atoms with Crippen molar-refractivity contribution in [3.8, 4) is 5.88 Å². The predicted octanol–water partition coefficient (Wildman–Crippen LogP) is 3.21. The second-order valence-electron chi connectivity index (χ2n) is 8.96. The van der Waals surface area contributed by atoms with Crippen LogP contribution in [0.15, 0.2) is 42.0 Å². The molecule has 170 valence electrons. The van der Waals surface area contributed by atoms with Crippen LogP contribution in [-0.4, -0.2) is 50.8 Å². The molecule has 8 nitrogen and oxygen atoms in total. The third-order valence-corrected chi connectivity index (χ3v) is 8.18. The van der Waals surface area contributed by atoms with Crippen LogP contribution < -0.4 is 9.64 Å². The van der Waals surface area contributed by atoms with Crippen molar-refractivity contribution >= 4 is 50.7 Å². The number of aromatic nitrogens is 2. The van der Waals surface area contributed by atoms with Crippen LogP contribution in [-0.2, 0) is 14.3 Å². The van der Waals surface area contributed by atoms with E-state index in [1.165, 1.54) is 22.4 Å². The number of ether oxygens (including phenoxy) is 2. The smallest absolute Gasteiger partial charge is 0.240 e. The molecule has 6 rings (SSSR count). The summed E-state index contributed by atoms with van der Waals surface area (Å²) in [7, 11) is 0. The highest BCUT2D eigenvalue weighted by molar-refractivity contribution is 7.16. The third kappa shape index (κ3) is 2.96. The number of aliphatic hydroxyl groups is 1. The number of benzene rings is 1. The molecule has 3 aliphatic rings. The molecule has 3 aromatic rings. The molecule has 3 unspecified atom stereocenters. The number of carbonyl (C=O) groups is 2. The molecule has 0 radical (unpaired) electrons. The molecule has 3 saturated heterocycles. The Morgan fingerprint density at radius 3 is 2.85 bits per heavy atom. The highest BCUT2D eigenvalue weighted by Gasteiger charge is 2.77. The van der Waals surface area contributed by atoms with Gasteiger partial charge in [-0.25, -0.2) is 14.9 Å². The molecule has 0 spiro atoms. The molecule has 33 heavy (non-hydrogen) atoms. The molecule has 2 bridgehead atoms. The topological polar surface area (TPSA) is 102 Å². The van der Waals surface area contributed by atoms with Crippen LogP contribution in [0, 0.1) is 11.8 Å². The van der Waals surface area contributed by atoms with E-state index in [1.807, 2.05) is 6.07 Å². The summed E-state index contributed by atoms with van der Waals surface area (Å²) in [5.74, 6) is -1.66. The molecule has 3 fully saturated rings. The van der Waals surface area contributed by atoms with Gasteiger partial charge in [0.25, 0.3) is 0 Å². The Morgan fingerprint density at radius 2 is 2.06 bits per heavy atom. The Bertz CT molecular complexity index is 1280. The van der Waals surface area contributed by atoms with Crippen molar-refractivity contribution in [2.24, 2.45) is 11.8 Å². The SMILES string of the molecule is CC12OC(CCOc3ccc(Cl)cn3)(C[C@@H]1O)[C@H]1C(=O)N(c3ccc4ncsc4c3)C(=O)C12. The summed E-state index contributed by atoms with van der Waals surface area (Å²) < 4.78 is 13.0. The number of rotatable bonds is 5. The minimum absolute atomic E-state index is 0.217.